The maximum Gasteiger partial charge on any atom is 0.165 e. The summed E-state index contributed by atoms with van der Waals surface area (Å²) in [6.07, 6.45) is 0. The summed E-state index contributed by atoms with van der Waals surface area (Å²) in [7, 11) is 0. The molecule has 0 amide bonds. The molecule has 4 aromatic rings. The van der Waals surface area contributed by atoms with Crippen LogP contribution in [0.4, 0.5) is 11.5 Å². The number of benzene rings is 2. The van der Waals surface area contributed by atoms with E-state index in [1.54, 1.807) is 0 Å². The maximum absolute atomic E-state index is 6.26. The van der Waals surface area contributed by atoms with E-state index in [0.29, 0.717) is 0 Å². The highest BCUT2D eigenvalue weighted by Crippen LogP contribution is 2.32. The zero-order valence-electron chi connectivity index (χ0n) is 18.4. The summed E-state index contributed by atoms with van der Waals surface area (Å²) in [6, 6.07) is 16.1. The number of aromatic nitrogens is 3. The van der Waals surface area contributed by atoms with E-state index >= 15 is 0 Å². The lowest BCUT2D eigenvalue weighted by Gasteiger charge is -2.38. The molecule has 0 saturated carbocycles. The van der Waals surface area contributed by atoms with Gasteiger partial charge in [0.1, 0.15) is 5.82 Å². The quantitative estimate of drug-likeness (QED) is 0.374. The van der Waals surface area contributed by atoms with Gasteiger partial charge < -0.3 is 9.80 Å². The van der Waals surface area contributed by atoms with Gasteiger partial charge in [0.2, 0.25) is 0 Å². The van der Waals surface area contributed by atoms with Crippen LogP contribution in [0.2, 0.25) is 10.0 Å². The smallest absolute Gasteiger partial charge is 0.165 e. The number of fused-ring (bicyclic) bond motifs is 1. The van der Waals surface area contributed by atoms with Crippen LogP contribution in [0.25, 0.3) is 16.8 Å². The van der Waals surface area contributed by atoms with Crippen LogP contribution in [0.3, 0.4) is 0 Å². The Labute approximate surface area is 198 Å². The Balaban J connectivity index is 1.48. The standard InChI is InChI=1S/C25H25Cl2N5/c1-16-4-7-21(27)15-22(16)30-10-12-31(13-11-30)23-14-17(2)28-25-24(18(3)29-32(23)25)19-5-8-20(26)9-6-19/h4-9,14-15H,10-13H2,1-3H3. The predicted molar refractivity (Wildman–Crippen MR) is 134 cm³/mol. The second-order valence-corrected chi connectivity index (χ2v) is 9.24. The summed E-state index contributed by atoms with van der Waals surface area (Å²) in [4.78, 5) is 9.66. The van der Waals surface area contributed by atoms with Crippen molar-refractivity contribution in [2.24, 2.45) is 0 Å². The molecule has 1 aliphatic rings. The zero-order chi connectivity index (χ0) is 22.4. The van der Waals surface area contributed by atoms with E-state index in [1.165, 1.54) is 11.3 Å². The average molecular weight is 466 g/mol. The number of hydrogen-bond acceptors (Lipinski definition) is 4. The number of rotatable bonds is 3. The first kappa shape index (κ1) is 21.1. The summed E-state index contributed by atoms with van der Waals surface area (Å²) in [5.41, 5.74) is 7.42. The molecule has 0 bridgehead atoms. The fraction of sp³-hybridized carbons (Fsp3) is 0.280. The normalized spacial score (nSPS) is 14.4. The molecular formula is C25H25Cl2N5. The van der Waals surface area contributed by atoms with E-state index in [9.17, 15) is 0 Å². The third-order valence-electron chi connectivity index (χ3n) is 6.12. The van der Waals surface area contributed by atoms with Gasteiger partial charge in [-0.1, -0.05) is 41.4 Å². The van der Waals surface area contributed by atoms with E-state index in [4.69, 9.17) is 33.3 Å². The Morgan fingerprint density at radius 3 is 2.16 bits per heavy atom. The molecule has 0 radical (unpaired) electrons. The minimum absolute atomic E-state index is 0.723. The molecular weight excluding hydrogens is 441 g/mol. The highest BCUT2D eigenvalue weighted by Gasteiger charge is 2.23. The van der Waals surface area contributed by atoms with Crippen molar-refractivity contribution in [3.05, 3.63) is 75.5 Å². The van der Waals surface area contributed by atoms with E-state index in [2.05, 4.69) is 34.9 Å². The molecule has 7 heteroatoms. The maximum atomic E-state index is 6.26. The fourth-order valence-electron chi connectivity index (χ4n) is 4.50. The van der Waals surface area contributed by atoms with Crippen molar-refractivity contribution in [3.63, 3.8) is 0 Å². The molecule has 0 spiro atoms. The zero-order valence-corrected chi connectivity index (χ0v) is 20.0. The van der Waals surface area contributed by atoms with Gasteiger partial charge in [-0.15, -0.1) is 0 Å². The Hall–Kier alpha value is -2.76. The van der Waals surface area contributed by atoms with Gasteiger partial charge in [0.05, 0.1) is 5.69 Å². The molecule has 1 fully saturated rings. The van der Waals surface area contributed by atoms with Crippen LogP contribution in [0, 0.1) is 20.8 Å². The number of halogens is 2. The fourth-order valence-corrected chi connectivity index (χ4v) is 4.80. The number of anilines is 2. The van der Waals surface area contributed by atoms with Crippen molar-refractivity contribution in [2.45, 2.75) is 20.8 Å². The summed E-state index contributed by atoms with van der Waals surface area (Å²) in [5.74, 6) is 1.08. The van der Waals surface area contributed by atoms with E-state index < -0.39 is 0 Å². The van der Waals surface area contributed by atoms with Crippen molar-refractivity contribution in [3.8, 4) is 11.1 Å². The molecule has 3 heterocycles. The minimum Gasteiger partial charge on any atom is -0.368 e. The van der Waals surface area contributed by atoms with Crippen LogP contribution in [-0.4, -0.2) is 40.8 Å². The lowest BCUT2D eigenvalue weighted by Crippen LogP contribution is -2.47. The van der Waals surface area contributed by atoms with Crippen LogP contribution < -0.4 is 9.80 Å². The summed E-state index contributed by atoms with van der Waals surface area (Å²) < 4.78 is 1.99. The molecule has 0 aliphatic carbocycles. The Morgan fingerprint density at radius 1 is 0.781 bits per heavy atom. The molecule has 2 aromatic carbocycles. The molecule has 5 nitrogen and oxygen atoms in total. The second kappa shape index (κ2) is 8.30. The van der Waals surface area contributed by atoms with Crippen molar-refractivity contribution in [2.75, 3.05) is 36.0 Å². The number of aryl methyl sites for hydroxylation is 3. The highest BCUT2D eigenvalue weighted by atomic mass is 35.5. The summed E-state index contributed by atoms with van der Waals surface area (Å²) in [6.45, 7) is 9.88. The number of nitrogens with zero attached hydrogens (tertiary/aromatic N) is 5. The topological polar surface area (TPSA) is 36.7 Å². The van der Waals surface area contributed by atoms with Crippen molar-refractivity contribution in [1.29, 1.82) is 0 Å². The third kappa shape index (κ3) is 3.80. The van der Waals surface area contributed by atoms with E-state index in [1.807, 2.05) is 48.7 Å². The lowest BCUT2D eigenvalue weighted by atomic mass is 10.1. The van der Waals surface area contributed by atoms with Crippen molar-refractivity contribution < 1.29 is 0 Å². The monoisotopic (exact) mass is 465 g/mol. The molecule has 1 saturated heterocycles. The molecule has 1 aliphatic heterocycles. The van der Waals surface area contributed by atoms with Gasteiger partial charge in [-0.05, 0) is 56.2 Å². The highest BCUT2D eigenvalue weighted by molar-refractivity contribution is 6.31. The molecule has 0 unspecified atom stereocenters. The van der Waals surface area contributed by atoms with Crippen LogP contribution >= 0.6 is 23.2 Å². The molecule has 164 valence electrons. The van der Waals surface area contributed by atoms with E-state index in [0.717, 1.165) is 70.2 Å². The lowest BCUT2D eigenvalue weighted by molar-refractivity contribution is 0.637. The van der Waals surface area contributed by atoms with Gasteiger partial charge in [-0.3, -0.25) is 0 Å². The molecule has 32 heavy (non-hydrogen) atoms. The second-order valence-electron chi connectivity index (χ2n) is 8.36. The minimum atomic E-state index is 0.723. The van der Waals surface area contributed by atoms with Crippen LogP contribution in [-0.2, 0) is 0 Å². The van der Waals surface area contributed by atoms with Gasteiger partial charge in [0.25, 0.3) is 0 Å². The third-order valence-corrected chi connectivity index (χ3v) is 6.61. The summed E-state index contributed by atoms with van der Waals surface area (Å²) >= 11 is 12.4. The Morgan fingerprint density at radius 2 is 1.44 bits per heavy atom. The van der Waals surface area contributed by atoms with Crippen molar-refractivity contribution >= 4 is 40.4 Å². The van der Waals surface area contributed by atoms with Gasteiger partial charge in [-0.25, -0.2) is 4.98 Å². The Bertz CT molecular complexity index is 1290. The van der Waals surface area contributed by atoms with Crippen LogP contribution in [0.1, 0.15) is 17.0 Å². The van der Waals surface area contributed by atoms with Gasteiger partial charge in [0, 0.05) is 59.2 Å². The predicted octanol–water partition coefficient (Wildman–Crippen LogP) is 5.95. The molecule has 5 rings (SSSR count). The molecule has 0 N–H and O–H groups in total. The average Bonchev–Trinajstić information content (AvgIpc) is 3.11. The SMILES string of the molecule is Cc1cc(N2CCN(c3cc(Cl)ccc3C)CC2)n2nc(C)c(-c3ccc(Cl)cc3)c2n1. The van der Waals surface area contributed by atoms with Crippen molar-refractivity contribution in [1.82, 2.24) is 14.6 Å². The Kier molecular flexibility index (Phi) is 5.48. The number of piperazine rings is 1. The first-order valence-electron chi connectivity index (χ1n) is 10.8. The van der Waals surface area contributed by atoms with Crippen LogP contribution in [0.5, 0.6) is 0 Å². The number of hydrogen-bond donors (Lipinski definition) is 0. The molecule has 0 atom stereocenters. The first-order valence-corrected chi connectivity index (χ1v) is 11.6. The summed E-state index contributed by atoms with van der Waals surface area (Å²) in [5, 5.41) is 6.38. The van der Waals surface area contributed by atoms with Gasteiger partial charge >= 0.3 is 0 Å². The van der Waals surface area contributed by atoms with Crippen LogP contribution in [0.15, 0.2) is 48.5 Å². The van der Waals surface area contributed by atoms with Gasteiger partial charge in [-0.2, -0.15) is 9.61 Å². The largest absolute Gasteiger partial charge is 0.368 e. The van der Waals surface area contributed by atoms with Gasteiger partial charge in [0.15, 0.2) is 5.65 Å². The molecule has 2 aromatic heterocycles. The van der Waals surface area contributed by atoms with E-state index in [-0.39, 0.29) is 0 Å². The first-order chi connectivity index (χ1) is 15.4.